The van der Waals surface area contributed by atoms with Crippen molar-refractivity contribution in [3.05, 3.63) is 64.7 Å². The number of ether oxygens (including phenoxy) is 1. The van der Waals surface area contributed by atoms with Gasteiger partial charge >= 0.3 is 6.61 Å². The Morgan fingerprint density at radius 3 is 2.42 bits per heavy atom. The highest BCUT2D eigenvalue weighted by Gasteiger charge is 2.07. The zero-order chi connectivity index (χ0) is 17.4. The average Bonchev–Trinajstić information content (AvgIpc) is 2.56. The van der Waals surface area contributed by atoms with E-state index in [2.05, 4.69) is 10.1 Å². The first-order chi connectivity index (χ1) is 11.5. The van der Waals surface area contributed by atoms with E-state index in [-0.39, 0.29) is 11.7 Å². The molecule has 2 rings (SSSR count). The highest BCUT2D eigenvalue weighted by atomic mass is 35.5. The van der Waals surface area contributed by atoms with Gasteiger partial charge < -0.3 is 10.1 Å². The highest BCUT2D eigenvalue weighted by Crippen LogP contribution is 2.16. The van der Waals surface area contributed by atoms with Crippen molar-refractivity contribution in [1.82, 2.24) is 5.32 Å². The summed E-state index contributed by atoms with van der Waals surface area (Å²) >= 11 is 7.52. The van der Waals surface area contributed by atoms with Crippen molar-refractivity contribution in [1.29, 1.82) is 0 Å². The molecular formula is C17H16ClF2NO2S. The third kappa shape index (κ3) is 6.37. The summed E-state index contributed by atoms with van der Waals surface area (Å²) in [4.78, 5) is 11.9. The lowest BCUT2D eigenvalue weighted by Crippen LogP contribution is -2.25. The molecule has 0 heterocycles. The molecule has 0 aliphatic heterocycles. The third-order valence-electron chi connectivity index (χ3n) is 3.06. The Morgan fingerprint density at radius 2 is 1.79 bits per heavy atom. The first-order valence-corrected chi connectivity index (χ1v) is 8.73. The molecule has 1 N–H and O–H groups in total. The Balaban J connectivity index is 1.68. The SMILES string of the molecule is O=C(NCCSCc1ccc(Cl)cc1)c1ccc(OC(F)F)cc1. The largest absolute Gasteiger partial charge is 0.435 e. The molecule has 128 valence electrons. The van der Waals surface area contributed by atoms with E-state index in [0.717, 1.165) is 11.5 Å². The van der Waals surface area contributed by atoms with Crippen molar-refractivity contribution in [2.24, 2.45) is 0 Å². The normalized spacial score (nSPS) is 10.7. The highest BCUT2D eigenvalue weighted by molar-refractivity contribution is 7.98. The number of halogens is 3. The molecule has 0 saturated heterocycles. The summed E-state index contributed by atoms with van der Waals surface area (Å²) in [5, 5.41) is 3.49. The fourth-order valence-corrected chi connectivity index (χ4v) is 2.84. The minimum Gasteiger partial charge on any atom is -0.435 e. The van der Waals surface area contributed by atoms with Crippen LogP contribution in [0.1, 0.15) is 15.9 Å². The van der Waals surface area contributed by atoms with Crippen molar-refractivity contribution < 1.29 is 18.3 Å². The van der Waals surface area contributed by atoms with Crippen LogP contribution < -0.4 is 10.1 Å². The van der Waals surface area contributed by atoms with Gasteiger partial charge in [0.15, 0.2) is 0 Å². The van der Waals surface area contributed by atoms with Crippen LogP contribution >= 0.6 is 23.4 Å². The van der Waals surface area contributed by atoms with Gasteiger partial charge in [-0.1, -0.05) is 23.7 Å². The van der Waals surface area contributed by atoms with Crippen LogP contribution in [-0.4, -0.2) is 24.8 Å². The lowest BCUT2D eigenvalue weighted by Gasteiger charge is -2.07. The topological polar surface area (TPSA) is 38.3 Å². The summed E-state index contributed by atoms with van der Waals surface area (Å²) in [5.74, 6) is 1.39. The minimum absolute atomic E-state index is 0.0278. The van der Waals surface area contributed by atoms with E-state index in [9.17, 15) is 13.6 Å². The van der Waals surface area contributed by atoms with Crippen molar-refractivity contribution in [3.63, 3.8) is 0 Å². The quantitative estimate of drug-likeness (QED) is 0.689. The molecule has 0 atom stereocenters. The predicted molar refractivity (Wildman–Crippen MR) is 93.0 cm³/mol. The molecule has 0 aliphatic rings. The van der Waals surface area contributed by atoms with E-state index in [4.69, 9.17) is 11.6 Å². The fraction of sp³-hybridized carbons (Fsp3) is 0.235. The molecule has 0 unspecified atom stereocenters. The third-order valence-corrected chi connectivity index (χ3v) is 4.34. The summed E-state index contributed by atoms with van der Waals surface area (Å²) in [5.41, 5.74) is 1.57. The number of carbonyl (C=O) groups is 1. The molecule has 0 aromatic heterocycles. The molecule has 24 heavy (non-hydrogen) atoms. The van der Waals surface area contributed by atoms with Gasteiger partial charge in [0.1, 0.15) is 5.75 Å². The van der Waals surface area contributed by atoms with Gasteiger partial charge in [-0.25, -0.2) is 0 Å². The van der Waals surface area contributed by atoms with Gasteiger partial charge in [-0.2, -0.15) is 20.5 Å². The molecule has 0 aliphatic carbocycles. The molecule has 0 spiro atoms. The number of carbonyl (C=O) groups excluding carboxylic acids is 1. The van der Waals surface area contributed by atoms with Gasteiger partial charge in [-0.05, 0) is 42.0 Å². The molecule has 0 radical (unpaired) electrons. The summed E-state index contributed by atoms with van der Waals surface area (Å²) < 4.78 is 28.3. The standard InChI is InChI=1S/C17H16ClF2NO2S/c18-14-5-1-12(2-6-14)11-24-10-9-21-16(22)13-3-7-15(8-4-13)23-17(19)20/h1-8,17H,9-11H2,(H,21,22). The van der Waals surface area contributed by atoms with Gasteiger partial charge in [0.2, 0.25) is 0 Å². The maximum absolute atomic E-state index is 12.1. The summed E-state index contributed by atoms with van der Waals surface area (Å²) in [6.45, 7) is -2.35. The molecule has 0 saturated carbocycles. The smallest absolute Gasteiger partial charge is 0.387 e. The van der Waals surface area contributed by atoms with E-state index in [1.807, 2.05) is 24.3 Å². The Kier molecular flexibility index (Phi) is 7.34. The summed E-state index contributed by atoms with van der Waals surface area (Å²) in [6.07, 6.45) is 0. The number of alkyl halides is 2. The van der Waals surface area contributed by atoms with Crippen LogP contribution in [0.25, 0.3) is 0 Å². The second kappa shape index (κ2) is 9.49. The lowest BCUT2D eigenvalue weighted by atomic mass is 10.2. The molecular weight excluding hydrogens is 356 g/mol. The first kappa shape index (κ1) is 18.5. The van der Waals surface area contributed by atoms with E-state index in [1.54, 1.807) is 11.8 Å². The van der Waals surface area contributed by atoms with E-state index < -0.39 is 6.61 Å². The number of hydrogen-bond donors (Lipinski definition) is 1. The first-order valence-electron chi connectivity index (χ1n) is 7.20. The van der Waals surface area contributed by atoms with Crippen LogP contribution in [0.2, 0.25) is 5.02 Å². The monoisotopic (exact) mass is 371 g/mol. The zero-order valence-electron chi connectivity index (χ0n) is 12.7. The molecule has 1 amide bonds. The molecule has 7 heteroatoms. The maximum atomic E-state index is 12.1. The van der Waals surface area contributed by atoms with Crippen LogP contribution in [0.5, 0.6) is 5.75 Å². The van der Waals surface area contributed by atoms with Crippen molar-refractivity contribution in [3.8, 4) is 5.75 Å². The maximum Gasteiger partial charge on any atom is 0.387 e. The van der Waals surface area contributed by atoms with E-state index >= 15 is 0 Å². The number of rotatable bonds is 8. The molecule has 3 nitrogen and oxygen atoms in total. The van der Waals surface area contributed by atoms with Crippen molar-refractivity contribution in [2.75, 3.05) is 12.3 Å². The van der Waals surface area contributed by atoms with Crippen molar-refractivity contribution in [2.45, 2.75) is 12.4 Å². The van der Waals surface area contributed by atoms with E-state index in [1.165, 1.54) is 29.8 Å². The number of hydrogen-bond acceptors (Lipinski definition) is 3. The average molecular weight is 372 g/mol. The van der Waals surface area contributed by atoms with Gasteiger partial charge in [0.25, 0.3) is 5.91 Å². The van der Waals surface area contributed by atoms with Gasteiger partial charge in [0, 0.05) is 28.6 Å². The van der Waals surface area contributed by atoms with Gasteiger partial charge in [-0.3, -0.25) is 4.79 Å². The number of nitrogens with one attached hydrogen (secondary N) is 1. The molecule has 0 fully saturated rings. The Labute approximate surface area is 148 Å². The van der Waals surface area contributed by atoms with Gasteiger partial charge in [-0.15, -0.1) is 0 Å². The second-order valence-corrected chi connectivity index (χ2v) is 6.38. The van der Waals surface area contributed by atoms with Crippen LogP contribution in [-0.2, 0) is 5.75 Å². The number of thioether (sulfide) groups is 1. The number of amides is 1. The second-order valence-electron chi connectivity index (χ2n) is 4.84. The fourth-order valence-electron chi connectivity index (χ4n) is 1.90. The molecule has 2 aromatic carbocycles. The summed E-state index contributed by atoms with van der Waals surface area (Å²) in [7, 11) is 0. The Morgan fingerprint density at radius 1 is 1.12 bits per heavy atom. The van der Waals surface area contributed by atoms with Crippen LogP contribution in [0.3, 0.4) is 0 Å². The predicted octanol–water partition coefficient (Wildman–Crippen LogP) is 4.60. The van der Waals surface area contributed by atoms with Gasteiger partial charge in [0.05, 0.1) is 0 Å². The van der Waals surface area contributed by atoms with Crippen molar-refractivity contribution >= 4 is 29.3 Å². The Bertz CT molecular complexity index is 651. The minimum atomic E-state index is -2.87. The summed E-state index contributed by atoms with van der Waals surface area (Å²) in [6, 6.07) is 13.2. The van der Waals surface area contributed by atoms with E-state index in [0.29, 0.717) is 17.1 Å². The van der Waals surface area contributed by atoms with Crippen LogP contribution in [0.4, 0.5) is 8.78 Å². The molecule has 0 bridgehead atoms. The zero-order valence-corrected chi connectivity index (χ0v) is 14.2. The number of benzene rings is 2. The Hall–Kier alpha value is -1.79. The van der Waals surface area contributed by atoms with Crippen LogP contribution in [0.15, 0.2) is 48.5 Å². The van der Waals surface area contributed by atoms with Crippen LogP contribution in [0, 0.1) is 0 Å². The lowest BCUT2D eigenvalue weighted by molar-refractivity contribution is -0.0498. The molecule has 2 aromatic rings.